The predicted molar refractivity (Wildman–Crippen MR) is 63.1 cm³/mol. The molecular weight excluding hydrogens is 242 g/mol. The van der Waals surface area contributed by atoms with Crippen LogP contribution in [0.5, 0.6) is 5.75 Å². The van der Waals surface area contributed by atoms with Crippen LogP contribution in [0.15, 0.2) is 36.7 Å². The van der Waals surface area contributed by atoms with Crippen molar-refractivity contribution in [2.75, 3.05) is 5.32 Å². The number of carbonyl (C=O) groups is 1. The second-order valence-electron chi connectivity index (χ2n) is 3.23. The van der Waals surface area contributed by atoms with E-state index in [0.29, 0.717) is 11.4 Å². The lowest BCUT2D eigenvalue weighted by Gasteiger charge is -2.04. The molecule has 0 spiro atoms. The van der Waals surface area contributed by atoms with Gasteiger partial charge in [-0.3, -0.25) is 4.79 Å². The summed E-state index contributed by atoms with van der Waals surface area (Å²) in [6, 6.07) is 7.44. The summed E-state index contributed by atoms with van der Waals surface area (Å²) in [5.74, 6) is -0.0487. The number of hydrogen-bond donors (Lipinski definition) is 2. The molecule has 0 unspecified atom stereocenters. The topological polar surface area (TPSA) is 75.1 Å². The first kappa shape index (κ1) is 11.3. The van der Waals surface area contributed by atoms with Crippen LogP contribution in [0.3, 0.4) is 0 Å². The van der Waals surface area contributed by atoms with Crippen molar-refractivity contribution in [2.24, 2.45) is 0 Å². The van der Waals surface area contributed by atoms with Crippen LogP contribution in [0.25, 0.3) is 0 Å². The van der Waals surface area contributed by atoms with Gasteiger partial charge in [0.1, 0.15) is 23.0 Å². The minimum Gasteiger partial charge on any atom is -0.508 e. The van der Waals surface area contributed by atoms with E-state index in [1.807, 2.05) is 0 Å². The van der Waals surface area contributed by atoms with Crippen molar-refractivity contribution >= 4 is 23.3 Å². The summed E-state index contributed by atoms with van der Waals surface area (Å²) in [5.41, 5.74) is 0.333. The van der Waals surface area contributed by atoms with Crippen LogP contribution in [0.1, 0.15) is 10.4 Å². The maximum atomic E-state index is 11.8. The maximum Gasteiger partial charge on any atom is 0.256 e. The molecule has 2 rings (SSSR count). The Labute approximate surface area is 102 Å². The van der Waals surface area contributed by atoms with E-state index in [2.05, 4.69) is 15.3 Å². The van der Waals surface area contributed by atoms with Gasteiger partial charge in [-0.2, -0.15) is 0 Å². The molecule has 0 saturated heterocycles. The van der Waals surface area contributed by atoms with Gasteiger partial charge in [-0.1, -0.05) is 17.7 Å². The van der Waals surface area contributed by atoms with Crippen LogP contribution in [-0.2, 0) is 0 Å². The number of hydrogen-bond acceptors (Lipinski definition) is 4. The number of anilines is 1. The highest BCUT2D eigenvalue weighted by Gasteiger charge is 2.07. The summed E-state index contributed by atoms with van der Waals surface area (Å²) in [6.07, 6.45) is 1.25. The molecule has 1 aromatic heterocycles. The van der Waals surface area contributed by atoms with Gasteiger partial charge >= 0.3 is 0 Å². The Hall–Kier alpha value is -2.14. The largest absolute Gasteiger partial charge is 0.508 e. The number of benzene rings is 1. The van der Waals surface area contributed by atoms with E-state index in [4.69, 9.17) is 11.6 Å². The third-order valence-electron chi connectivity index (χ3n) is 1.98. The third-order valence-corrected chi connectivity index (χ3v) is 2.19. The molecule has 0 aliphatic rings. The first-order valence-corrected chi connectivity index (χ1v) is 5.11. The fourth-order valence-corrected chi connectivity index (χ4v) is 1.38. The molecule has 1 amide bonds. The number of phenolic OH excluding ortho intramolecular Hbond substituents is 1. The van der Waals surface area contributed by atoms with Gasteiger partial charge in [0.15, 0.2) is 0 Å². The van der Waals surface area contributed by atoms with Gasteiger partial charge in [0, 0.05) is 11.6 Å². The summed E-state index contributed by atoms with van der Waals surface area (Å²) in [5, 5.41) is 12.0. The Morgan fingerprint density at radius 1 is 1.29 bits per heavy atom. The van der Waals surface area contributed by atoms with Gasteiger partial charge in [0.25, 0.3) is 5.91 Å². The third kappa shape index (κ3) is 2.92. The number of nitrogens with zero attached hydrogens (tertiary/aromatic N) is 2. The van der Waals surface area contributed by atoms with Crippen molar-refractivity contribution in [2.45, 2.75) is 0 Å². The van der Waals surface area contributed by atoms with Crippen LogP contribution >= 0.6 is 11.6 Å². The Kier molecular flexibility index (Phi) is 3.20. The van der Waals surface area contributed by atoms with Crippen LogP contribution in [-0.4, -0.2) is 21.0 Å². The molecule has 1 heterocycles. The van der Waals surface area contributed by atoms with E-state index in [0.717, 1.165) is 0 Å². The molecule has 0 saturated carbocycles. The number of phenols is 1. The normalized spacial score (nSPS) is 9.94. The predicted octanol–water partition coefficient (Wildman–Crippen LogP) is 2.09. The first-order valence-electron chi connectivity index (χ1n) is 4.73. The smallest absolute Gasteiger partial charge is 0.256 e. The molecule has 0 aliphatic heterocycles. The summed E-state index contributed by atoms with van der Waals surface area (Å²) < 4.78 is 0. The molecular formula is C11H8ClN3O2. The maximum absolute atomic E-state index is 11.8. The second kappa shape index (κ2) is 4.80. The minimum atomic E-state index is -0.379. The molecule has 5 nitrogen and oxygen atoms in total. The monoisotopic (exact) mass is 249 g/mol. The van der Waals surface area contributed by atoms with Crippen molar-refractivity contribution in [1.29, 1.82) is 0 Å². The molecule has 0 aliphatic carbocycles. The van der Waals surface area contributed by atoms with Crippen molar-refractivity contribution in [1.82, 2.24) is 9.97 Å². The molecule has 6 heteroatoms. The lowest BCUT2D eigenvalue weighted by Crippen LogP contribution is -2.12. The number of carbonyl (C=O) groups excluding carboxylic acids is 1. The standard InChI is InChI=1S/C11H8ClN3O2/c12-9-5-10(14-6-13-9)15-11(17)7-2-1-3-8(16)4-7/h1-6,16H,(H,13,14,15,17). The number of nitrogens with one attached hydrogen (secondary N) is 1. The van der Waals surface area contributed by atoms with Gasteiger partial charge in [0.05, 0.1) is 0 Å². The average Bonchev–Trinajstić information content (AvgIpc) is 2.29. The lowest BCUT2D eigenvalue weighted by molar-refractivity contribution is 0.102. The number of amides is 1. The first-order chi connectivity index (χ1) is 8.15. The number of aromatic hydroxyl groups is 1. The Morgan fingerprint density at radius 2 is 2.12 bits per heavy atom. The van der Waals surface area contributed by atoms with E-state index in [1.54, 1.807) is 12.1 Å². The van der Waals surface area contributed by atoms with Crippen molar-refractivity contribution in [3.63, 3.8) is 0 Å². The zero-order chi connectivity index (χ0) is 12.3. The van der Waals surface area contributed by atoms with Crippen molar-refractivity contribution in [3.05, 3.63) is 47.4 Å². The van der Waals surface area contributed by atoms with Gasteiger partial charge in [0.2, 0.25) is 0 Å². The molecule has 0 fully saturated rings. The van der Waals surface area contributed by atoms with Gasteiger partial charge in [-0.15, -0.1) is 0 Å². The van der Waals surface area contributed by atoms with E-state index in [9.17, 15) is 9.90 Å². The molecule has 2 N–H and O–H groups in total. The van der Waals surface area contributed by atoms with Crippen LogP contribution in [0.4, 0.5) is 5.82 Å². The molecule has 17 heavy (non-hydrogen) atoms. The van der Waals surface area contributed by atoms with Gasteiger partial charge < -0.3 is 10.4 Å². The number of rotatable bonds is 2. The minimum absolute atomic E-state index is 0.0263. The SMILES string of the molecule is O=C(Nc1cc(Cl)ncn1)c1cccc(O)c1. The highest BCUT2D eigenvalue weighted by atomic mass is 35.5. The molecule has 0 radical (unpaired) electrons. The van der Waals surface area contributed by atoms with Crippen LogP contribution in [0.2, 0.25) is 5.15 Å². The van der Waals surface area contributed by atoms with Crippen molar-refractivity contribution < 1.29 is 9.90 Å². The summed E-state index contributed by atoms with van der Waals surface area (Å²) in [4.78, 5) is 19.3. The molecule has 86 valence electrons. The lowest BCUT2D eigenvalue weighted by atomic mass is 10.2. The zero-order valence-electron chi connectivity index (χ0n) is 8.59. The average molecular weight is 250 g/mol. The molecule has 1 aromatic carbocycles. The number of halogens is 1. The van der Waals surface area contributed by atoms with E-state index < -0.39 is 0 Å². The van der Waals surface area contributed by atoms with Crippen molar-refractivity contribution in [3.8, 4) is 5.75 Å². The molecule has 2 aromatic rings. The summed E-state index contributed by atoms with van der Waals surface area (Å²) in [6.45, 7) is 0. The fraction of sp³-hybridized carbons (Fsp3) is 0. The van der Waals surface area contributed by atoms with Gasteiger partial charge in [-0.05, 0) is 18.2 Å². The Morgan fingerprint density at radius 3 is 2.82 bits per heavy atom. The van der Waals surface area contributed by atoms with E-state index >= 15 is 0 Å². The zero-order valence-corrected chi connectivity index (χ0v) is 9.35. The summed E-state index contributed by atoms with van der Waals surface area (Å²) in [7, 11) is 0. The Bertz CT molecular complexity index is 560. The van der Waals surface area contributed by atoms with E-state index in [-0.39, 0.29) is 16.8 Å². The number of aromatic nitrogens is 2. The fourth-order valence-electron chi connectivity index (χ4n) is 1.24. The molecule has 0 atom stereocenters. The van der Waals surface area contributed by atoms with E-state index in [1.165, 1.54) is 24.5 Å². The summed E-state index contributed by atoms with van der Waals surface area (Å²) >= 11 is 5.66. The molecule has 0 bridgehead atoms. The highest BCUT2D eigenvalue weighted by molar-refractivity contribution is 6.29. The van der Waals surface area contributed by atoms with Gasteiger partial charge in [-0.25, -0.2) is 9.97 Å². The highest BCUT2D eigenvalue weighted by Crippen LogP contribution is 2.13. The quantitative estimate of drug-likeness (QED) is 0.799. The van der Waals surface area contributed by atoms with Crippen LogP contribution < -0.4 is 5.32 Å². The van der Waals surface area contributed by atoms with Crippen LogP contribution in [0, 0.1) is 0 Å². The second-order valence-corrected chi connectivity index (χ2v) is 3.62. The Balaban J connectivity index is 2.17.